The second kappa shape index (κ2) is 7.61. The number of aliphatic hydroxyl groups excluding tert-OH is 1. The molecule has 2 aromatic heterocycles. The Morgan fingerprint density at radius 1 is 1.21 bits per heavy atom. The van der Waals surface area contributed by atoms with Crippen LogP contribution < -0.4 is 10.1 Å². The molecule has 1 atom stereocenters. The number of benzene rings is 1. The van der Waals surface area contributed by atoms with Crippen LogP contribution in [0.15, 0.2) is 53.2 Å². The van der Waals surface area contributed by atoms with Gasteiger partial charge in [0, 0.05) is 15.3 Å². The van der Waals surface area contributed by atoms with E-state index < -0.39 is 6.10 Å². The standard InChI is InChI=1S/C18H17NO3S2/c1-22-14-4-2-12(3-5-14)18(21)19-10-15-6-7-16(24-15)17(20)13-8-9-23-11-13/h2-9,11,17,20H,10H2,1H3,(H,19,21). The van der Waals surface area contributed by atoms with E-state index in [2.05, 4.69) is 5.32 Å². The summed E-state index contributed by atoms with van der Waals surface area (Å²) in [4.78, 5) is 14.0. The Labute approximate surface area is 148 Å². The highest BCUT2D eigenvalue weighted by atomic mass is 32.1. The van der Waals surface area contributed by atoms with Gasteiger partial charge in [-0.2, -0.15) is 11.3 Å². The van der Waals surface area contributed by atoms with Crippen LogP contribution in [0.5, 0.6) is 5.75 Å². The third-order valence-electron chi connectivity index (χ3n) is 3.59. The lowest BCUT2D eigenvalue weighted by Gasteiger charge is -2.06. The van der Waals surface area contributed by atoms with E-state index in [-0.39, 0.29) is 5.91 Å². The van der Waals surface area contributed by atoms with Gasteiger partial charge in [-0.15, -0.1) is 11.3 Å². The molecule has 2 N–H and O–H groups in total. The van der Waals surface area contributed by atoms with Crippen LogP contribution in [0.3, 0.4) is 0 Å². The number of carbonyl (C=O) groups is 1. The molecule has 0 saturated heterocycles. The molecular formula is C18H17NO3S2. The zero-order chi connectivity index (χ0) is 16.9. The van der Waals surface area contributed by atoms with Crippen molar-refractivity contribution in [2.45, 2.75) is 12.6 Å². The molecule has 0 saturated carbocycles. The number of aliphatic hydroxyl groups is 1. The lowest BCUT2D eigenvalue weighted by atomic mass is 10.2. The van der Waals surface area contributed by atoms with Gasteiger partial charge in [0.2, 0.25) is 0 Å². The smallest absolute Gasteiger partial charge is 0.251 e. The van der Waals surface area contributed by atoms with Crippen molar-refractivity contribution < 1.29 is 14.6 Å². The van der Waals surface area contributed by atoms with Gasteiger partial charge < -0.3 is 15.2 Å². The quantitative estimate of drug-likeness (QED) is 0.703. The Balaban J connectivity index is 1.59. The molecule has 0 bridgehead atoms. The van der Waals surface area contributed by atoms with Crippen LogP contribution >= 0.6 is 22.7 Å². The minimum atomic E-state index is -0.604. The second-order valence-electron chi connectivity index (χ2n) is 5.17. The molecule has 1 amide bonds. The number of nitrogens with one attached hydrogen (secondary N) is 1. The first kappa shape index (κ1) is 16.7. The van der Waals surface area contributed by atoms with Crippen molar-refractivity contribution >= 4 is 28.6 Å². The van der Waals surface area contributed by atoms with E-state index in [9.17, 15) is 9.90 Å². The average Bonchev–Trinajstić information content (AvgIpc) is 3.31. The number of rotatable bonds is 6. The van der Waals surface area contributed by atoms with Crippen LogP contribution in [0.4, 0.5) is 0 Å². The Hall–Kier alpha value is -2.15. The van der Waals surface area contributed by atoms with Crippen molar-refractivity contribution in [3.63, 3.8) is 0 Å². The van der Waals surface area contributed by atoms with Crippen molar-refractivity contribution in [2.75, 3.05) is 7.11 Å². The highest BCUT2D eigenvalue weighted by Crippen LogP contribution is 2.29. The molecule has 0 spiro atoms. The lowest BCUT2D eigenvalue weighted by Crippen LogP contribution is -2.22. The van der Waals surface area contributed by atoms with Gasteiger partial charge in [0.05, 0.1) is 13.7 Å². The largest absolute Gasteiger partial charge is 0.497 e. The van der Waals surface area contributed by atoms with Crippen molar-refractivity contribution in [3.8, 4) is 5.75 Å². The highest BCUT2D eigenvalue weighted by molar-refractivity contribution is 7.12. The number of methoxy groups -OCH3 is 1. The molecule has 2 heterocycles. The van der Waals surface area contributed by atoms with E-state index in [0.29, 0.717) is 12.1 Å². The van der Waals surface area contributed by atoms with Gasteiger partial charge >= 0.3 is 0 Å². The summed E-state index contributed by atoms with van der Waals surface area (Å²) in [6.07, 6.45) is -0.604. The summed E-state index contributed by atoms with van der Waals surface area (Å²) >= 11 is 3.06. The predicted molar refractivity (Wildman–Crippen MR) is 96.9 cm³/mol. The molecule has 1 unspecified atom stereocenters. The zero-order valence-electron chi connectivity index (χ0n) is 13.1. The molecule has 4 nitrogen and oxygen atoms in total. The van der Waals surface area contributed by atoms with Gasteiger partial charge in [0.1, 0.15) is 11.9 Å². The summed E-state index contributed by atoms with van der Waals surface area (Å²) in [6.45, 7) is 0.436. The monoisotopic (exact) mass is 359 g/mol. The Bertz CT molecular complexity index is 794. The van der Waals surface area contributed by atoms with E-state index in [0.717, 1.165) is 21.1 Å². The van der Waals surface area contributed by atoms with Crippen molar-refractivity contribution in [1.82, 2.24) is 5.32 Å². The van der Waals surface area contributed by atoms with Crippen LogP contribution in [0.1, 0.15) is 31.8 Å². The van der Waals surface area contributed by atoms with Crippen molar-refractivity contribution in [3.05, 3.63) is 74.1 Å². The average molecular weight is 359 g/mol. The zero-order valence-corrected chi connectivity index (χ0v) is 14.7. The van der Waals surface area contributed by atoms with E-state index in [4.69, 9.17) is 4.74 Å². The summed E-state index contributed by atoms with van der Waals surface area (Å²) in [6, 6.07) is 12.7. The van der Waals surface area contributed by atoms with Crippen LogP contribution in [-0.4, -0.2) is 18.1 Å². The SMILES string of the molecule is COc1ccc(C(=O)NCc2ccc(C(O)c3ccsc3)s2)cc1. The molecule has 0 radical (unpaired) electrons. The van der Waals surface area contributed by atoms with Gasteiger partial charge in [-0.25, -0.2) is 0 Å². The fourth-order valence-electron chi connectivity index (χ4n) is 2.24. The van der Waals surface area contributed by atoms with Crippen LogP contribution in [-0.2, 0) is 6.54 Å². The molecular weight excluding hydrogens is 342 g/mol. The normalized spacial score (nSPS) is 11.9. The van der Waals surface area contributed by atoms with E-state index in [1.54, 1.807) is 42.7 Å². The minimum absolute atomic E-state index is 0.133. The van der Waals surface area contributed by atoms with Gasteiger partial charge in [-0.3, -0.25) is 4.79 Å². The maximum atomic E-state index is 12.1. The fourth-order valence-corrected chi connectivity index (χ4v) is 3.89. The third kappa shape index (κ3) is 3.84. The Morgan fingerprint density at radius 2 is 2.00 bits per heavy atom. The van der Waals surface area contributed by atoms with E-state index in [1.165, 1.54) is 11.3 Å². The molecule has 0 aliphatic heterocycles. The number of hydrogen-bond acceptors (Lipinski definition) is 5. The van der Waals surface area contributed by atoms with Gasteiger partial charge in [-0.05, 0) is 58.8 Å². The van der Waals surface area contributed by atoms with Gasteiger partial charge in [0.15, 0.2) is 0 Å². The van der Waals surface area contributed by atoms with Gasteiger partial charge in [-0.1, -0.05) is 0 Å². The van der Waals surface area contributed by atoms with E-state index >= 15 is 0 Å². The Morgan fingerprint density at radius 3 is 2.67 bits per heavy atom. The molecule has 0 aliphatic rings. The maximum absolute atomic E-state index is 12.1. The Kier molecular flexibility index (Phi) is 5.30. The second-order valence-corrected chi connectivity index (χ2v) is 7.15. The summed E-state index contributed by atoms with van der Waals surface area (Å²) in [5.41, 5.74) is 1.49. The summed E-state index contributed by atoms with van der Waals surface area (Å²) in [7, 11) is 1.59. The summed E-state index contributed by atoms with van der Waals surface area (Å²) < 4.78 is 5.08. The number of carbonyl (C=O) groups excluding carboxylic acids is 1. The maximum Gasteiger partial charge on any atom is 0.251 e. The van der Waals surface area contributed by atoms with Crippen LogP contribution in [0.2, 0.25) is 0 Å². The van der Waals surface area contributed by atoms with Gasteiger partial charge in [0.25, 0.3) is 5.91 Å². The number of amides is 1. The predicted octanol–water partition coefficient (Wildman–Crippen LogP) is 3.83. The molecule has 3 aromatic rings. The first-order chi connectivity index (χ1) is 11.7. The third-order valence-corrected chi connectivity index (χ3v) is 5.43. The lowest BCUT2D eigenvalue weighted by molar-refractivity contribution is 0.0951. The number of thiophene rings is 2. The van der Waals surface area contributed by atoms with Crippen molar-refractivity contribution in [2.24, 2.45) is 0 Å². The number of ether oxygens (including phenoxy) is 1. The minimum Gasteiger partial charge on any atom is -0.497 e. The summed E-state index contributed by atoms with van der Waals surface area (Å²) in [5, 5.41) is 17.1. The van der Waals surface area contributed by atoms with Crippen molar-refractivity contribution in [1.29, 1.82) is 0 Å². The van der Waals surface area contributed by atoms with Crippen LogP contribution in [0.25, 0.3) is 0 Å². The number of hydrogen-bond donors (Lipinski definition) is 2. The molecule has 124 valence electrons. The van der Waals surface area contributed by atoms with E-state index in [1.807, 2.05) is 29.0 Å². The first-order valence-electron chi connectivity index (χ1n) is 7.38. The highest BCUT2D eigenvalue weighted by Gasteiger charge is 2.14. The molecule has 0 fully saturated rings. The molecule has 1 aromatic carbocycles. The molecule has 0 aliphatic carbocycles. The fraction of sp³-hybridized carbons (Fsp3) is 0.167. The summed E-state index contributed by atoms with van der Waals surface area (Å²) in [5.74, 6) is 0.586. The first-order valence-corrected chi connectivity index (χ1v) is 9.14. The molecule has 6 heteroatoms. The molecule has 3 rings (SSSR count). The van der Waals surface area contributed by atoms with Crippen LogP contribution in [0, 0.1) is 0 Å². The topological polar surface area (TPSA) is 58.6 Å². The molecule has 24 heavy (non-hydrogen) atoms.